The molecule has 0 spiro atoms. The predicted molar refractivity (Wildman–Crippen MR) is 88.6 cm³/mol. The van der Waals surface area contributed by atoms with Gasteiger partial charge in [0.1, 0.15) is 4.99 Å². The Morgan fingerprint density at radius 2 is 1.90 bits per heavy atom. The van der Waals surface area contributed by atoms with Crippen LogP contribution in [-0.4, -0.2) is 21.7 Å². The number of rotatable bonds is 2. The third kappa shape index (κ3) is 2.49. The van der Waals surface area contributed by atoms with Crippen LogP contribution >= 0.6 is 12.2 Å². The Bertz CT molecular complexity index is 711. The van der Waals surface area contributed by atoms with Gasteiger partial charge >= 0.3 is 0 Å². The largest absolute Gasteiger partial charge is 0.389 e. The third-order valence-electron chi connectivity index (χ3n) is 4.11. The number of anilines is 1. The Balaban J connectivity index is 2.03. The summed E-state index contributed by atoms with van der Waals surface area (Å²) in [6, 6.07) is 8.51. The Labute approximate surface area is 130 Å². The van der Waals surface area contributed by atoms with Gasteiger partial charge in [0, 0.05) is 13.1 Å². The lowest BCUT2D eigenvalue weighted by molar-refractivity contribution is 0.709. The summed E-state index contributed by atoms with van der Waals surface area (Å²) in [6.07, 6.45) is 1.00. The molecule has 21 heavy (non-hydrogen) atoms. The standard InChI is InChI=1S/C16H18N4S/c1-10-11(2)18-19-16(14(10)15(17)21)20-8-7-12-5-3-4-6-13(12)9-20/h3-6H,7-9H2,1-2H3,(H2,17,21). The number of thiocarbonyl (C=S) groups is 1. The van der Waals surface area contributed by atoms with Crippen molar-refractivity contribution in [3.8, 4) is 0 Å². The summed E-state index contributed by atoms with van der Waals surface area (Å²) in [5.74, 6) is 0.806. The number of aromatic nitrogens is 2. The van der Waals surface area contributed by atoms with Crippen LogP contribution in [0.5, 0.6) is 0 Å². The van der Waals surface area contributed by atoms with E-state index in [1.807, 2.05) is 13.8 Å². The highest BCUT2D eigenvalue weighted by molar-refractivity contribution is 7.80. The Hall–Kier alpha value is -2.01. The minimum Gasteiger partial charge on any atom is -0.389 e. The number of fused-ring (bicyclic) bond motifs is 1. The van der Waals surface area contributed by atoms with E-state index in [0.29, 0.717) is 4.99 Å². The molecule has 0 atom stereocenters. The second-order valence-electron chi connectivity index (χ2n) is 5.41. The molecule has 2 heterocycles. The lowest BCUT2D eigenvalue weighted by atomic mass is 9.99. The summed E-state index contributed by atoms with van der Waals surface area (Å²) in [6.45, 7) is 5.66. The topological polar surface area (TPSA) is 55.0 Å². The first kappa shape index (κ1) is 13.9. The Kier molecular flexibility index (Phi) is 3.59. The van der Waals surface area contributed by atoms with Crippen LogP contribution in [0.3, 0.4) is 0 Å². The molecule has 108 valence electrons. The van der Waals surface area contributed by atoms with Crippen LogP contribution < -0.4 is 10.6 Å². The van der Waals surface area contributed by atoms with Crippen molar-refractivity contribution in [2.24, 2.45) is 5.73 Å². The highest BCUT2D eigenvalue weighted by Crippen LogP contribution is 2.27. The van der Waals surface area contributed by atoms with Gasteiger partial charge < -0.3 is 10.6 Å². The third-order valence-corrected chi connectivity index (χ3v) is 4.32. The smallest absolute Gasteiger partial charge is 0.162 e. The molecule has 1 aliphatic rings. The summed E-state index contributed by atoms with van der Waals surface area (Å²) in [5.41, 5.74) is 11.4. The van der Waals surface area contributed by atoms with Gasteiger partial charge in [-0.05, 0) is 37.0 Å². The monoisotopic (exact) mass is 298 g/mol. The van der Waals surface area contributed by atoms with Gasteiger partial charge in [-0.25, -0.2) is 0 Å². The highest BCUT2D eigenvalue weighted by atomic mass is 32.1. The maximum absolute atomic E-state index is 5.92. The van der Waals surface area contributed by atoms with Crippen molar-refractivity contribution in [2.75, 3.05) is 11.4 Å². The molecule has 1 aromatic heterocycles. The fraction of sp³-hybridized carbons (Fsp3) is 0.312. The van der Waals surface area contributed by atoms with Crippen molar-refractivity contribution < 1.29 is 0 Å². The lowest BCUT2D eigenvalue weighted by Crippen LogP contribution is -2.33. The first-order valence-corrected chi connectivity index (χ1v) is 7.44. The molecule has 0 fully saturated rings. The second-order valence-corrected chi connectivity index (χ2v) is 5.85. The van der Waals surface area contributed by atoms with Crippen LogP contribution in [0.15, 0.2) is 24.3 Å². The SMILES string of the molecule is Cc1nnc(N2CCc3ccccc3C2)c(C(N)=S)c1C. The number of hydrogen-bond donors (Lipinski definition) is 1. The lowest BCUT2D eigenvalue weighted by Gasteiger charge is -2.31. The molecule has 0 amide bonds. The van der Waals surface area contributed by atoms with Crippen LogP contribution in [0.25, 0.3) is 0 Å². The fourth-order valence-electron chi connectivity index (χ4n) is 2.79. The van der Waals surface area contributed by atoms with Gasteiger partial charge in [-0.2, -0.15) is 5.10 Å². The van der Waals surface area contributed by atoms with Gasteiger partial charge in [0.15, 0.2) is 5.82 Å². The zero-order valence-corrected chi connectivity index (χ0v) is 13.1. The molecule has 0 bridgehead atoms. The van der Waals surface area contributed by atoms with Gasteiger partial charge in [-0.1, -0.05) is 36.5 Å². The maximum atomic E-state index is 5.92. The molecule has 5 heteroatoms. The number of nitrogens with two attached hydrogens (primary N) is 1. The molecule has 4 nitrogen and oxygen atoms in total. The normalized spacial score (nSPS) is 13.9. The van der Waals surface area contributed by atoms with E-state index in [1.165, 1.54) is 11.1 Å². The van der Waals surface area contributed by atoms with Gasteiger partial charge in [-0.15, -0.1) is 5.10 Å². The van der Waals surface area contributed by atoms with E-state index in [1.54, 1.807) is 0 Å². The van der Waals surface area contributed by atoms with Gasteiger partial charge in [-0.3, -0.25) is 0 Å². The van der Waals surface area contributed by atoms with Crippen LogP contribution in [0, 0.1) is 13.8 Å². The zero-order valence-electron chi connectivity index (χ0n) is 12.3. The highest BCUT2D eigenvalue weighted by Gasteiger charge is 2.22. The molecule has 2 N–H and O–H groups in total. The second kappa shape index (κ2) is 5.41. The van der Waals surface area contributed by atoms with Crippen molar-refractivity contribution in [2.45, 2.75) is 26.8 Å². The average Bonchev–Trinajstić information content (AvgIpc) is 2.49. The van der Waals surface area contributed by atoms with E-state index < -0.39 is 0 Å². The zero-order chi connectivity index (χ0) is 15.0. The van der Waals surface area contributed by atoms with Crippen molar-refractivity contribution in [3.63, 3.8) is 0 Å². The molecule has 0 radical (unpaired) electrons. The molecule has 3 rings (SSSR count). The van der Waals surface area contributed by atoms with Crippen LogP contribution in [-0.2, 0) is 13.0 Å². The first-order valence-electron chi connectivity index (χ1n) is 7.03. The van der Waals surface area contributed by atoms with Crippen LogP contribution in [0.2, 0.25) is 0 Å². The number of nitrogens with zero attached hydrogens (tertiary/aromatic N) is 3. The molecular formula is C16H18N4S. The number of aryl methyl sites for hydroxylation is 1. The first-order chi connectivity index (χ1) is 10.1. The summed E-state index contributed by atoms with van der Waals surface area (Å²) in [7, 11) is 0. The minimum absolute atomic E-state index is 0.388. The van der Waals surface area contributed by atoms with Crippen molar-refractivity contribution in [1.29, 1.82) is 0 Å². The predicted octanol–water partition coefficient (Wildman–Crippen LogP) is 2.29. The molecule has 0 saturated carbocycles. The van der Waals surface area contributed by atoms with Crippen LogP contribution in [0.1, 0.15) is 27.9 Å². The van der Waals surface area contributed by atoms with Crippen molar-refractivity contribution in [3.05, 3.63) is 52.2 Å². The maximum Gasteiger partial charge on any atom is 0.162 e. The molecule has 1 aromatic carbocycles. The van der Waals surface area contributed by atoms with E-state index >= 15 is 0 Å². The minimum atomic E-state index is 0.388. The van der Waals surface area contributed by atoms with E-state index in [2.05, 4.69) is 39.4 Å². The van der Waals surface area contributed by atoms with E-state index in [-0.39, 0.29) is 0 Å². The summed E-state index contributed by atoms with van der Waals surface area (Å²) >= 11 is 5.23. The molecular weight excluding hydrogens is 280 g/mol. The molecule has 1 aliphatic heterocycles. The Morgan fingerprint density at radius 1 is 1.19 bits per heavy atom. The molecule has 0 unspecified atom stereocenters. The van der Waals surface area contributed by atoms with Crippen molar-refractivity contribution >= 4 is 23.0 Å². The fourth-order valence-corrected chi connectivity index (χ4v) is 3.03. The summed E-state index contributed by atoms with van der Waals surface area (Å²) in [4.78, 5) is 2.61. The van der Waals surface area contributed by atoms with Gasteiger partial charge in [0.2, 0.25) is 0 Å². The van der Waals surface area contributed by atoms with Gasteiger partial charge in [0.25, 0.3) is 0 Å². The van der Waals surface area contributed by atoms with Crippen molar-refractivity contribution in [1.82, 2.24) is 10.2 Å². The molecule has 0 saturated heterocycles. The summed E-state index contributed by atoms with van der Waals surface area (Å²) in [5, 5.41) is 8.61. The number of benzene rings is 1. The summed E-state index contributed by atoms with van der Waals surface area (Å²) < 4.78 is 0. The molecule has 0 aliphatic carbocycles. The van der Waals surface area contributed by atoms with Crippen LogP contribution in [0.4, 0.5) is 5.82 Å². The quantitative estimate of drug-likeness (QED) is 0.862. The Morgan fingerprint density at radius 3 is 2.62 bits per heavy atom. The van der Waals surface area contributed by atoms with E-state index in [0.717, 1.165) is 42.1 Å². The van der Waals surface area contributed by atoms with E-state index in [9.17, 15) is 0 Å². The number of hydrogen-bond acceptors (Lipinski definition) is 4. The van der Waals surface area contributed by atoms with Gasteiger partial charge in [0.05, 0.1) is 11.3 Å². The van der Waals surface area contributed by atoms with E-state index in [4.69, 9.17) is 18.0 Å². The molecule has 2 aromatic rings. The average molecular weight is 298 g/mol.